The number of carbonyl (C=O) groups is 3. The second-order valence-corrected chi connectivity index (χ2v) is 10.6. The van der Waals surface area contributed by atoms with Gasteiger partial charge in [-0.3, -0.25) is 19.2 Å². The molecule has 186 valence electrons. The third kappa shape index (κ3) is 5.54. The zero-order chi connectivity index (χ0) is 25.1. The number of fused-ring (bicyclic) bond motifs is 1. The first-order valence-electron chi connectivity index (χ1n) is 12.0. The van der Waals surface area contributed by atoms with Gasteiger partial charge in [0.15, 0.2) is 0 Å². The zero-order valence-corrected chi connectivity index (χ0v) is 20.9. The molecule has 2 unspecified atom stereocenters. The monoisotopic (exact) mass is 471 g/mol. The van der Waals surface area contributed by atoms with Crippen LogP contribution < -0.4 is 10.6 Å². The Bertz CT molecular complexity index is 971. The Kier molecular flexibility index (Phi) is 7.59. The molecule has 2 aliphatic heterocycles. The van der Waals surface area contributed by atoms with E-state index in [4.69, 9.17) is 11.2 Å². The zero-order valence-electron chi connectivity index (χ0n) is 20.9. The van der Waals surface area contributed by atoms with Crippen LogP contribution in [0, 0.1) is 18.3 Å². The van der Waals surface area contributed by atoms with E-state index in [2.05, 4.69) is 21.7 Å². The summed E-state index contributed by atoms with van der Waals surface area (Å²) in [5, 5.41) is 10.3. The van der Waals surface area contributed by atoms with Crippen LogP contribution in [0.1, 0.15) is 76.4 Å². The smallest absolute Gasteiger partial charge is 0.411 e. The van der Waals surface area contributed by atoms with Gasteiger partial charge in [0.05, 0.1) is 17.5 Å². The lowest BCUT2D eigenvalue weighted by Gasteiger charge is -2.37. The predicted molar refractivity (Wildman–Crippen MR) is 128 cm³/mol. The first-order valence-corrected chi connectivity index (χ1v) is 12.0. The fourth-order valence-electron chi connectivity index (χ4n) is 4.74. The van der Waals surface area contributed by atoms with Crippen LogP contribution in [0.25, 0.3) is 0 Å². The molecular weight excluding hydrogens is 434 g/mol. The van der Waals surface area contributed by atoms with Crippen LogP contribution in [0.3, 0.4) is 0 Å². The van der Waals surface area contributed by atoms with Crippen molar-refractivity contribution < 1.29 is 19.1 Å². The number of nitrogens with zero attached hydrogens (tertiary/aromatic N) is 3. The summed E-state index contributed by atoms with van der Waals surface area (Å²) in [7, 11) is 0. The number of amides is 3. The van der Waals surface area contributed by atoms with Gasteiger partial charge in [0.1, 0.15) is 11.1 Å². The minimum absolute atomic E-state index is 0.0356. The number of aromatic nitrogens is 2. The van der Waals surface area contributed by atoms with E-state index >= 15 is 0 Å². The van der Waals surface area contributed by atoms with Crippen molar-refractivity contribution in [3.8, 4) is 12.3 Å². The number of ether oxygens (including phenoxy) is 1. The van der Waals surface area contributed by atoms with Gasteiger partial charge < -0.3 is 15.4 Å². The quantitative estimate of drug-likeness (QED) is 0.620. The largest absolute Gasteiger partial charge is 0.444 e. The van der Waals surface area contributed by atoms with E-state index in [9.17, 15) is 14.4 Å². The van der Waals surface area contributed by atoms with E-state index < -0.39 is 17.2 Å². The molecule has 1 saturated heterocycles. The molecule has 3 rings (SSSR count). The highest BCUT2D eigenvalue weighted by Gasteiger charge is 2.50. The van der Waals surface area contributed by atoms with Crippen molar-refractivity contribution >= 4 is 17.9 Å². The fraction of sp³-hybridized carbons (Fsp3) is 0.680. The Labute approximate surface area is 202 Å². The molecule has 0 aromatic carbocycles. The molecule has 3 amide bonds. The summed E-state index contributed by atoms with van der Waals surface area (Å²) in [6, 6.07) is 0.0356. The van der Waals surface area contributed by atoms with Gasteiger partial charge in [-0.2, -0.15) is 5.10 Å². The minimum Gasteiger partial charge on any atom is -0.444 e. The predicted octanol–water partition coefficient (Wildman–Crippen LogP) is 2.49. The summed E-state index contributed by atoms with van der Waals surface area (Å²) in [6.45, 7) is 10.8. The molecule has 0 aliphatic carbocycles. The van der Waals surface area contributed by atoms with E-state index in [0.717, 1.165) is 12.1 Å². The van der Waals surface area contributed by atoms with Gasteiger partial charge in [-0.1, -0.05) is 0 Å². The highest BCUT2D eigenvalue weighted by molar-refractivity contribution is 5.95. The molecule has 34 heavy (non-hydrogen) atoms. The van der Waals surface area contributed by atoms with Gasteiger partial charge >= 0.3 is 6.09 Å². The van der Waals surface area contributed by atoms with Crippen LogP contribution in [0.4, 0.5) is 4.79 Å². The van der Waals surface area contributed by atoms with Crippen LogP contribution in [0.2, 0.25) is 0 Å². The van der Waals surface area contributed by atoms with Crippen molar-refractivity contribution in [1.29, 1.82) is 0 Å². The number of carbonyl (C=O) groups excluding carboxylic acids is 3. The summed E-state index contributed by atoms with van der Waals surface area (Å²) in [5.41, 5.74) is -0.294. The number of aryl methyl sites for hydroxylation is 1. The van der Waals surface area contributed by atoms with Crippen molar-refractivity contribution in [3.05, 3.63) is 17.5 Å². The lowest BCUT2D eigenvalue weighted by molar-refractivity contribution is -0.131. The second-order valence-electron chi connectivity index (χ2n) is 10.6. The molecule has 3 heterocycles. The third-order valence-electron chi connectivity index (χ3n) is 6.32. The molecule has 0 saturated carbocycles. The Hall–Kier alpha value is -3.02. The maximum absolute atomic E-state index is 13.4. The van der Waals surface area contributed by atoms with Crippen LogP contribution in [0.15, 0.2) is 6.20 Å². The van der Waals surface area contributed by atoms with Crippen molar-refractivity contribution in [3.63, 3.8) is 0 Å². The molecule has 0 spiro atoms. The number of likely N-dealkylation sites (tertiary alicyclic amines) is 1. The molecule has 2 atom stereocenters. The SMILES string of the molecule is C#CCC1(C(=O)NCC2CCn3ncc(C(=O)NC(C)C)c3C2)CCCN1C(=O)OC(C)(C)C. The molecule has 0 bridgehead atoms. The van der Waals surface area contributed by atoms with E-state index in [-0.39, 0.29) is 30.2 Å². The number of nitrogens with one attached hydrogen (secondary N) is 2. The normalized spacial score (nSPS) is 22.1. The molecule has 1 fully saturated rings. The first kappa shape index (κ1) is 25.6. The van der Waals surface area contributed by atoms with Crippen molar-refractivity contribution in [2.24, 2.45) is 5.92 Å². The molecule has 1 aromatic rings. The number of rotatable bonds is 6. The molecule has 9 nitrogen and oxygen atoms in total. The summed E-state index contributed by atoms with van der Waals surface area (Å²) in [4.78, 5) is 40.3. The van der Waals surface area contributed by atoms with Crippen LogP contribution >= 0.6 is 0 Å². The summed E-state index contributed by atoms with van der Waals surface area (Å²) >= 11 is 0. The average Bonchev–Trinajstić information content (AvgIpc) is 3.35. The van der Waals surface area contributed by atoms with Gasteiger partial charge in [0, 0.05) is 32.1 Å². The van der Waals surface area contributed by atoms with Crippen molar-refractivity contribution in [2.45, 2.75) is 90.4 Å². The van der Waals surface area contributed by atoms with E-state index in [1.165, 1.54) is 4.90 Å². The van der Waals surface area contributed by atoms with Gasteiger partial charge in [0.25, 0.3) is 5.91 Å². The number of terminal acetylenes is 1. The lowest BCUT2D eigenvalue weighted by Crippen LogP contribution is -2.58. The van der Waals surface area contributed by atoms with Crippen LogP contribution in [-0.4, -0.2) is 62.9 Å². The Morgan fingerprint density at radius 3 is 2.71 bits per heavy atom. The second kappa shape index (κ2) is 10.1. The Balaban J connectivity index is 1.69. The summed E-state index contributed by atoms with van der Waals surface area (Å²) in [6.07, 6.45) is 9.51. The van der Waals surface area contributed by atoms with Crippen LogP contribution in [-0.2, 0) is 22.5 Å². The minimum atomic E-state index is -1.10. The van der Waals surface area contributed by atoms with Crippen LogP contribution in [0.5, 0.6) is 0 Å². The molecule has 2 aliphatic rings. The molecular formula is C25H37N5O4. The first-order chi connectivity index (χ1) is 16.0. The highest BCUT2D eigenvalue weighted by atomic mass is 16.6. The van der Waals surface area contributed by atoms with E-state index in [0.29, 0.717) is 44.5 Å². The van der Waals surface area contributed by atoms with Gasteiger partial charge in [0.2, 0.25) is 5.91 Å². The average molecular weight is 472 g/mol. The number of hydrogen-bond donors (Lipinski definition) is 2. The third-order valence-corrected chi connectivity index (χ3v) is 6.32. The Morgan fingerprint density at radius 1 is 1.32 bits per heavy atom. The van der Waals surface area contributed by atoms with Gasteiger partial charge in [-0.05, 0) is 66.2 Å². The van der Waals surface area contributed by atoms with Crippen molar-refractivity contribution in [2.75, 3.05) is 13.1 Å². The highest BCUT2D eigenvalue weighted by Crippen LogP contribution is 2.34. The molecule has 9 heteroatoms. The maximum Gasteiger partial charge on any atom is 0.411 e. The summed E-state index contributed by atoms with van der Waals surface area (Å²) < 4.78 is 7.42. The fourth-order valence-corrected chi connectivity index (χ4v) is 4.74. The molecule has 2 N–H and O–H groups in total. The summed E-state index contributed by atoms with van der Waals surface area (Å²) in [5.74, 6) is 2.37. The lowest BCUT2D eigenvalue weighted by atomic mass is 9.90. The van der Waals surface area contributed by atoms with E-state index in [1.807, 2.05) is 18.5 Å². The topological polar surface area (TPSA) is 106 Å². The standard InChI is InChI=1S/C25H37N5O4/c1-7-10-25(11-8-12-29(25)23(33)34-24(4,5)6)22(32)26-15-18-9-13-30-20(14-18)19(16-27-30)21(31)28-17(2)3/h1,16-18H,8-15H2,2-6H3,(H,26,32)(H,28,31). The number of hydrogen-bond acceptors (Lipinski definition) is 5. The van der Waals surface area contributed by atoms with Gasteiger partial charge in [-0.15, -0.1) is 12.3 Å². The van der Waals surface area contributed by atoms with Gasteiger partial charge in [-0.25, -0.2) is 4.79 Å². The van der Waals surface area contributed by atoms with E-state index in [1.54, 1.807) is 27.0 Å². The molecule has 1 aromatic heterocycles. The molecule has 0 radical (unpaired) electrons. The van der Waals surface area contributed by atoms with Crippen molar-refractivity contribution in [1.82, 2.24) is 25.3 Å². The Morgan fingerprint density at radius 2 is 2.06 bits per heavy atom. The maximum atomic E-state index is 13.4.